The number of alkyl halides is 7. The Morgan fingerprint density at radius 1 is 1.00 bits per heavy atom. The average Bonchev–Trinajstić information content (AvgIpc) is 2.24. The minimum absolute atomic E-state index is 0.147. The minimum Gasteiger partial charge on any atom is -0.244 e. The number of rotatable bonds is 3. The smallest absolute Gasteiger partial charge is 0.244 e. The zero-order valence-corrected chi connectivity index (χ0v) is 11.6. The van der Waals surface area contributed by atoms with E-state index in [1.165, 1.54) is 13.0 Å². The second kappa shape index (κ2) is 5.10. The van der Waals surface area contributed by atoms with Crippen molar-refractivity contribution in [1.29, 1.82) is 0 Å². The monoisotopic (exact) mass is 400 g/mol. The molecule has 0 heterocycles. The molecule has 0 aliphatic rings. The van der Waals surface area contributed by atoms with Crippen molar-refractivity contribution in [2.24, 2.45) is 0 Å². The van der Waals surface area contributed by atoms with Crippen molar-refractivity contribution in [2.45, 2.75) is 24.7 Å². The van der Waals surface area contributed by atoms with E-state index in [-0.39, 0.29) is 9.13 Å². The number of aryl methyl sites for hydroxylation is 1. The number of benzene rings is 1. The van der Waals surface area contributed by atoms with Gasteiger partial charge in [0.25, 0.3) is 5.67 Å². The van der Waals surface area contributed by atoms with E-state index in [0.29, 0.717) is 12.1 Å². The molecule has 0 amide bonds. The molecule has 0 aliphatic heterocycles. The van der Waals surface area contributed by atoms with E-state index < -0.39 is 30.0 Å². The lowest BCUT2D eigenvalue weighted by atomic mass is 9.88. The second-order valence-corrected chi connectivity index (χ2v) is 5.26. The first-order valence-corrected chi connectivity index (χ1v) is 6.00. The van der Waals surface area contributed by atoms with Gasteiger partial charge < -0.3 is 0 Å². The van der Waals surface area contributed by atoms with Gasteiger partial charge in [0.05, 0.1) is 0 Å². The maximum Gasteiger partial charge on any atom is 0.432 e. The largest absolute Gasteiger partial charge is 0.432 e. The molecule has 8 heteroatoms. The highest BCUT2D eigenvalue weighted by Gasteiger charge is 2.72. The molecule has 0 radical (unpaired) electrons. The van der Waals surface area contributed by atoms with Gasteiger partial charge in [-0.1, -0.05) is 6.07 Å². The molecule has 0 bridgehead atoms. The van der Waals surface area contributed by atoms with Crippen LogP contribution in [0.1, 0.15) is 11.1 Å². The van der Waals surface area contributed by atoms with Crippen molar-refractivity contribution in [2.75, 3.05) is 6.67 Å². The van der Waals surface area contributed by atoms with Crippen LogP contribution in [0.2, 0.25) is 0 Å². The van der Waals surface area contributed by atoms with Crippen LogP contribution in [-0.2, 0) is 5.67 Å². The fourth-order valence-electron chi connectivity index (χ4n) is 1.61. The fraction of sp³-hybridized carbons (Fsp3) is 0.455. The molecule has 0 N–H and O–H groups in total. The second-order valence-electron chi connectivity index (χ2n) is 4.01. The maximum atomic E-state index is 14.1. The van der Waals surface area contributed by atoms with Crippen molar-refractivity contribution in [3.63, 3.8) is 0 Å². The highest BCUT2D eigenvalue weighted by atomic mass is 127. The van der Waals surface area contributed by atoms with Crippen LogP contribution in [-0.4, -0.2) is 18.8 Å². The first kappa shape index (κ1) is 16.5. The van der Waals surface area contributed by atoms with Crippen molar-refractivity contribution >= 4 is 22.6 Å². The summed E-state index contributed by atoms with van der Waals surface area (Å²) in [5.41, 5.74) is -6.18. The summed E-state index contributed by atoms with van der Waals surface area (Å²) in [6.45, 7) is -1.41. The van der Waals surface area contributed by atoms with Crippen LogP contribution in [0.15, 0.2) is 18.2 Å². The van der Waals surface area contributed by atoms with E-state index in [4.69, 9.17) is 0 Å². The average molecular weight is 400 g/mol. The Morgan fingerprint density at radius 2 is 1.53 bits per heavy atom. The number of hydrogen-bond donors (Lipinski definition) is 0. The van der Waals surface area contributed by atoms with Crippen LogP contribution in [0.3, 0.4) is 0 Å². The van der Waals surface area contributed by atoms with E-state index >= 15 is 0 Å². The molecular weight excluding hydrogens is 392 g/mol. The molecule has 0 saturated carbocycles. The summed E-state index contributed by atoms with van der Waals surface area (Å²) in [7, 11) is 0. The van der Waals surface area contributed by atoms with Crippen LogP contribution in [0.25, 0.3) is 0 Å². The molecule has 19 heavy (non-hydrogen) atoms. The Balaban J connectivity index is 3.58. The third kappa shape index (κ3) is 2.82. The maximum absolute atomic E-state index is 14.1. The van der Waals surface area contributed by atoms with Gasteiger partial charge in [0.1, 0.15) is 0 Å². The van der Waals surface area contributed by atoms with Gasteiger partial charge in [-0.15, -0.1) is 0 Å². The summed E-state index contributed by atoms with van der Waals surface area (Å²) in [4.78, 5) is 0. The van der Waals surface area contributed by atoms with Gasteiger partial charge in [-0.3, -0.25) is 0 Å². The summed E-state index contributed by atoms with van der Waals surface area (Å²) >= 11 is 1.57. The van der Waals surface area contributed by atoms with Gasteiger partial charge in [0.2, 0.25) is 0 Å². The summed E-state index contributed by atoms with van der Waals surface area (Å²) in [6, 6.07) is 2.65. The lowest BCUT2D eigenvalue weighted by molar-refractivity contribution is -0.312. The quantitative estimate of drug-likeness (QED) is 0.499. The van der Waals surface area contributed by atoms with Crippen molar-refractivity contribution in [3.8, 4) is 0 Å². The molecule has 0 fully saturated rings. The Kier molecular flexibility index (Phi) is 4.43. The van der Waals surface area contributed by atoms with E-state index in [0.717, 1.165) is 0 Å². The van der Waals surface area contributed by atoms with Gasteiger partial charge in [-0.2, -0.15) is 22.0 Å². The molecule has 1 rings (SSSR count). The minimum atomic E-state index is -5.93. The number of hydrogen-bond acceptors (Lipinski definition) is 0. The van der Waals surface area contributed by atoms with Gasteiger partial charge in [0.15, 0.2) is 6.67 Å². The molecule has 0 spiro atoms. The fourth-order valence-corrected chi connectivity index (χ4v) is 2.44. The lowest BCUT2D eigenvalue weighted by Gasteiger charge is -2.34. The Bertz CT molecular complexity index is 448. The van der Waals surface area contributed by atoms with Gasteiger partial charge >= 0.3 is 12.1 Å². The van der Waals surface area contributed by atoms with Crippen molar-refractivity contribution in [3.05, 3.63) is 32.9 Å². The topological polar surface area (TPSA) is 0 Å². The van der Waals surface area contributed by atoms with E-state index in [1.807, 2.05) is 0 Å². The van der Waals surface area contributed by atoms with Gasteiger partial charge in [-0.05, 0) is 47.2 Å². The van der Waals surface area contributed by atoms with Crippen molar-refractivity contribution < 1.29 is 30.7 Å². The van der Waals surface area contributed by atoms with Crippen LogP contribution < -0.4 is 0 Å². The molecule has 0 aliphatic carbocycles. The molecule has 1 unspecified atom stereocenters. The molecule has 0 aromatic heterocycles. The lowest BCUT2D eigenvalue weighted by Crippen LogP contribution is -2.54. The van der Waals surface area contributed by atoms with Crippen LogP contribution in [0.5, 0.6) is 0 Å². The first-order valence-electron chi connectivity index (χ1n) is 4.93. The summed E-state index contributed by atoms with van der Waals surface area (Å²) < 4.78 is 90.9. The third-order valence-corrected chi connectivity index (χ3v) is 3.13. The molecule has 0 nitrogen and oxygen atoms in total. The first-order chi connectivity index (χ1) is 8.45. The third-order valence-electron chi connectivity index (χ3n) is 2.50. The zero-order chi connectivity index (χ0) is 15.1. The molecule has 108 valence electrons. The van der Waals surface area contributed by atoms with Gasteiger partial charge in [0, 0.05) is 9.13 Å². The number of halogens is 8. The zero-order valence-electron chi connectivity index (χ0n) is 9.46. The predicted octanol–water partition coefficient (Wildman–Crippen LogP) is 4.93. The van der Waals surface area contributed by atoms with E-state index in [9.17, 15) is 30.7 Å². The predicted molar refractivity (Wildman–Crippen MR) is 63.7 cm³/mol. The standard InChI is InChI=1S/C11H8F7I/c1-6-2-7(4-8(19)3-6)10(15,11(16,17)18)9(13,14)5-12/h2-4H,5H2,1H3. The highest BCUT2D eigenvalue weighted by molar-refractivity contribution is 14.1. The van der Waals surface area contributed by atoms with Crippen LogP contribution in [0.4, 0.5) is 30.7 Å². The van der Waals surface area contributed by atoms with Gasteiger partial charge in [-0.25, -0.2) is 8.78 Å². The SMILES string of the molecule is Cc1cc(I)cc(C(F)(C(F)(F)F)C(F)(F)CF)c1. The summed E-state index contributed by atoms with van der Waals surface area (Å²) in [5.74, 6) is -5.19. The highest BCUT2D eigenvalue weighted by Crippen LogP contribution is 2.52. The molecule has 1 aromatic carbocycles. The Labute approximate surface area is 118 Å². The Hall–Kier alpha value is -0.540. The molecule has 1 aromatic rings. The summed E-state index contributed by atoms with van der Waals surface area (Å²) in [6.07, 6.45) is -5.93. The normalized spacial score (nSPS) is 16.3. The van der Waals surface area contributed by atoms with Crippen molar-refractivity contribution in [1.82, 2.24) is 0 Å². The van der Waals surface area contributed by atoms with Crippen LogP contribution >= 0.6 is 22.6 Å². The molecule has 0 saturated heterocycles. The molecular formula is C11H8F7I. The molecule has 1 atom stereocenters. The van der Waals surface area contributed by atoms with E-state index in [1.54, 1.807) is 22.6 Å². The Morgan fingerprint density at radius 3 is 1.89 bits per heavy atom. The van der Waals surface area contributed by atoms with E-state index in [2.05, 4.69) is 0 Å². The summed E-state index contributed by atoms with van der Waals surface area (Å²) in [5, 5.41) is 0. The van der Waals surface area contributed by atoms with Crippen LogP contribution in [0, 0.1) is 10.5 Å².